The summed E-state index contributed by atoms with van der Waals surface area (Å²) >= 11 is 0. The Kier molecular flexibility index (Phi) is 4.50. The molecule has 0 atom stereocenters. The maximum Gasteiger partial charge on any atom is 0.219 e. The minimum absolute atomic E-state index is 0.0546. The van der Waals surface area contributed by atoms with Gasteiger partial charge in [0.05, 0.1) is 5.75 Å². The molecule has 2 aromatic rings. The number of aromatic nitrogens is 2. The average Bonchev–Trinajstić information content (AvgIpc) is 2.93. The summed E-state index contributed by atoms with van der Waals surface area (Å²) in [5, 5.41) is 7.89. The number of hydrogen-bond acceptors (Lipinski definition) is 5. The number of hydrogen-bond donors (Lipinski definition) is 0. The third kappa shape index (κ3) is 3.79. The molecule has 0 N–H and O–H groups in total. The molecule has 6 nitrogen and oxygen atoms in total. The van der Waals surface area contributed by atoms with Crippen LogP contribution < -0.4 is 0 Å². The fourth-order valence-corrected chi connectivity index (χ4v) is 4.51. The van der Waals surface area contributed by atoms with Crippen molar-refractivity contribution in [1.82, 2.24) is 14.5 Å². The van der Waals surface area contributed by atoms with Gasteiger partial charge < -0.3 is 4.42 Å². The van der Waals surface area contributed by atoms with Crippen LogP contribution in [0, 0.1) is 13.8 Å². The SMILES string of the molecule is Cc1cccc(CS(=O)(=O)N2CCC(c3nnc(C)o3)CC2)c1. The van der Waals surface area contributed by atoms with Crippen molar-refractivity contribution in [3.8, 4) is 0 Å². The van der Waals surface area contributed by atoms with Crippen LogP contribution in [0.25, 0.3) is 0 Å². The average molecular weight is 335 g/mol. The standard InChI is InChI=1S/C16H21N3O3S/c1-12-4-3-5-14(10-12)11-23(20,21)19-8-6-15(7-9-19)16-18-17-13(2)22-16/h3-5,10,15H,6-9,11H2,1-2H3. The van der Waals surface area contributed by atoms with E-state index in [0.717, 1.165) is 11.1 Å². The molecule has 1 aliphatic heterocycles. The number of sulfonamides is 1. The highest BCUT2D eigenvalue weighted by Gasteiger charge is 2.30. The van der Waals surface area contributed by atoms with E-state index in [9.17, 15) is 8.42 Å². The highest BCUT2D eigenvalue weighted by Crippen LogP contribution is 2.29. The lowest BCUT2D eigenvalue weighted by molar-refractivity contribution is 0.287. The molecule has 1 saturated heterocycles. The summed E-state index contributed by atoms with van der Waals surface area (Å²) in [5.41, 5.74) is 1.91. The highest BCUT2D eigenvalue weighted by atomic mass is 32.2. The Morgan fingerprint density at radius 1 is 1.22 bits per heavy atom. The second-order valence-corrected chi connectivity index (χ2v) is 8.05. The van der Waals surface area contributed by atoms with Crippen LogP contribution in [0.2, 0.25) is 0 Å². The molecule has 0 saturated carbocycles. The van der Waals surface area contributed by atoms with E-state index in [1.165, 1.54) is 0 Å². The van der Waals surface area contributed by atoms with Crippen molar-refractivity contribution in [3.63, 3.8) is 0 Å². The van der Waals surface area contributed by atoms with Crippen molar-refractivity contribution in [1.29, 1.82) is 0 Å². The van der Waals surface area contributed by atoms with Gasteiger partial charge in [-0.3, -0.25) is 0 Å². The largest absolute Gasteiger partial charge is 0.425 e. The molecule has 124 valence electrons. The lowest BCUT2D eigenvalue weighted by Crippen LogP contribution is -2.38. The molecule has 0 radical (unpaired) electrons. The van der Waals surface area contributed by atoms with Crippen LogP contribution in [0.1, 0.15) is 41.7 Å². The van der Waals surface area contributed by atoms with Crippen molar-refractivity contribution in [2.45, 2.75) is 38.4 Å². The molecule has 0 bridgehead atoms. The van der Waals surface area contributed by atoms with Crippen LogP contribution in [-0.4, -0.2) is 36.0 Å². The molecule has 2 heterocycles. The molecule has 3 rings (SSSR count). The summed E-state index contributed by atoms with van der Waals surface area (Å²) in [6.07, 6.45) is 1.43. The van der Waals surface area contributed by atoms with Gasteiger partial charge in [-0.25, -0.2) is 12.7 Å². The van der Waals surface area contributed by atoms with Crippen LogP contribution in [-0.2, 0) is 15.8 Å². The molecule has 0 aliphatic carbocycles. The molecule has 1 aromatic carbocycles. The Hall–Kier alpha value is -1.73. The lowest BCUT2D eigenvalue weighted by Gasteiger charge is -2.29. The normalized spacial score (nSPS) is 17.5. The monoisotopic (exact) mass is 335 g/mol. The van der Waals surface area contributed by atoms with Crippen LogP contribution in [0.5, 0.6) is 0 Å². The van der Waals surface area contributed by atoms with E-state index < -0.39 is 10.0 Å². The first kappa shape index (κ1) is 16.1. The molecule has 1 aliphatic rings. The fourth-order valence-electron chi connectivity index (χ4n) is 2.96. The van der Waals surface area contributed by atoms with Crippen molar-refractivity contribution >= 4 is 10.0 Å². The van der Waals surface area contributed by atoms with Gasteiger partial charge in [0, 0.05) is 25.9 Å². The Balaban J connectivity index is 1.64. The Bertz CT molecular complexity index is 777. The van der Waals surface area contributed by atoms with Gasteiger partial charge in [0.25, 0.3) is 0 Å². The van der Waals surface area contributed by atoms with Gasteiger partial charge in [-0.05, 0) is 25.3 Å². The van der Waals surface area contributed by atoms with Gasteiger partial charge in [-0.1, -0.05) is 29.8 Å². The zero-order valence-electron chi connectivity index (χ0n) is 13.4. The minimum Gasteiger partial charge on any atom is -0.425 e. The van der Waals surface area contributed by atoms with E-state index in [1.54, 1.807) is 11.2 Å². The maximum absolute atomic E-state index is 12.6. The molecule has 7 heteroatoms. The number of piperidine rings is 1. The molecule has 0 unspecified atom stereocenters. The summed E-state index contributed by atoms with van der Waals surface area (Å²) in [6.45, 7) is 4.73. The second-order valence-electron chi connectivity index (χ2n) is 6.08. The van der Waals surface area contributed by atoms with Gasteiger partial charge in [0.2, 0.25) is 21.8 Å². The topological polar surface area (TPSA) is 76.3 Å². The highest BCUT2D eigenvalue weighted by molar-refractivity contribution is 7.88. The first-order valence-electron chi connectivity index (χ1n) is 7.77. The Morgan fingerprint density at radius 2 is 1.96 bits per heavy atom. The van der Waals surface area contributed by atoms with E-state index in [-0.39, 0.29) is 11.7 Å². The third-order valence-corrected chi connectivity index (χ3v) is 6.02. The summed E-state index contributed by atoms with van der Waals surface area (Å²) in [7, 11) is -3.29. The molecule has 1 aromatic heterocycles. The van der Waals surface area contributed by atoms with Crippen LogP contribution in [0.4, 0.5) is 0 Å². The van der Waals surface area contributed by atoms with E-state index >= 15 is 0 Å². The van der Waals surface area contributed by atoms with E-state index in [0.29, 0.717) is 37.7 Å². The van der Waals surface area contributed by atoms with E-state index in [1.807, 2.05) is 31.2 Å². The van der Waals surface area contributed by atoms with E-state index in [4.69, 9.17) is 4.42 Å². The maximum atomic E-state index is 12.6. The summed E-state index contributed by atoms with van der Waals surface area (Å²) in [5.74, 6) is 1.38. The van der Waals surface area contributed by atoms with Gasteiger partial charge >= 0.3 is 0 Å². The second kappa shape index (κ2) is 6.41. The van der Waals surface area contributed by atoms with Gasteiger partial charge in [0.1, 0.15) is 0 Å². The number of aryl methyl sites for hydroxylation is 2. The van der Waals surface area contributed by atoms with Crippen molar-refractivity contribution in [3.05, 3.63) is 47.2 Å². The quantitative estimate of drug-likeness (QED) is 0.857. The van der Waals surface area contributed by atoms with Crippen LogP contribution in [0.3, 0.4) is 0 Å². The zero-order chi connectivity index (χ0) is 16.4. The molecule has 0 spiro atoms. The van der Waals surface area contributed by atoms with Crippen LogP contribution in [0.15, 0.2) is 28.7 Å². The predicted octanol–water partition coefficient (Wildman–Crippen LogP) is 2.40. The summed E-state index contributed by atoms with van der Waals surface area (Å²) in [6, 6.07) is 7.64. The Morgan fingerprint density at radius 3 is 2.57 bits per heavy atom. The van der Waals surface area contributed by atoms with Gasteiger partial charge in [-0.15, -0.1) is 10.2 Å². The number of rotatable bonds is 4. The summed E-state index contributed by atoms with van der Waals surface area (Å²) < 4.78 is 32.2. The number of nitrogens with zero attached hydrogens (tertiary/aromatic N) is 3. The first-order chi connectivity index (χ1) is 10.9. The van der Waals surface area contributed by atoms with Crippen molar-refractivity contribution in [2.75, 3.05) is 13.1 Å². The molecular formula is C16H21N3O3S. The zero-order valence-corrected chi connectivity index (χ0v) is 14.2. The smallest absolute Gasteiger partial charge is 0.219 e. The number of benzene rings is 1. The van der Waals surface area contributed by atoms with Crippen molar-refractivity contribution in [2.24, 2.45) is 0 Å². The molecule has 1 fully saturated rings. The predicted molar refractivity (Wildman–Crippen MR) is 86.4 cm³/mol. The summed E-state index contributed by atoms with van der Waals surface area (Å²) in [4.78, 5) is 0. The van der Waals surface area contributed by atoms with Crippen LogP contribution >= 0.6 is 0 Å². The Labute approximate surface area is 136 Å². The molecule has 0 amide bonds. The van der Waals surface area contributed by atoms with Gasteiger partial charge in [-0.2, -0.15) is 0 Å². The fraction of sp³-hybridized carbons (Fsp3) is 0.500. The molecular weight excluding hydrogens is 314 g/mol. The van der Waals surface area contributed by atoms with Crippen molar-refractivity contribution < 1.29 is 12.8 Å². The lowest BCUT2D eigenvalue weighted by atomic mass is 9.98. The van der Waals surface area contributed by atoms with Gasteiger partial charge in [0.15, 0.2) is 0 Å². The molecule has 23 heavy (non-hydrogen) atoms. The van der Waals surface area contributed by atoms with E-state index in [2.05, 4.69) is 10.2 Å². The minimum atomic E-state index is -3.29. The first-order valence-corrected chi connectivity index (χ1v) is 9.38. The third-order valence-electron chi connectivity index (χ3n) is 4.17.